The van der Waals surface area contributed by atoms with Crippen LogP contribution in [0.2, 0.25) is 19.6 Å². The number of rotatable bonds is 5. The summed E-state index contributed by atoms with van der Waals surface area (Å²) in [7, 11) is -1.30. The van der Waals surface area contributed by atoms with E-state index in [2.05, 4.69) is 48.9 Å². The van der Waals surface area contributed by atoms with E-state index < -0.39 is 14.0 Å². The van der Waals surface area contributed by atoms with Crippen LogP contribution in [0.3, 0.4) is 0 Å². The molecule has 5 aromatic rings. The topological polar surface area (TPSA) is 12.9 Å². The van der Waals surface area contributed by atoms with Crippen molar-refractivity contribution in [3.8, 4) is 22.4 Å². The van der Waals surface area contributed by atoms with Crippen LogP contribution in [-0.4, -0.2) is 13.1 Å². The van der Waals surface area contributed by atoms with Crippen molar-refractivity contribution in [1.29, 1.82) is 0 Å². The molecule has 1 nitrogen and oxygen atoms in total. The summed E-state index contributed by atoms with van der Waals surface area (Å²) in [6.07, 6.45) is 1.93. The standard InChI is InChI=1S/C20H16.C14H15FNSi.Ir/c1-16(17-9-4-2-5-10-17)19-13-8-14-20(15-19)18-11-6-3-7-12-18;1-17(2,3)13-8-9-14(16-10-13)11-4-6-12(15)7-5-11;/h2-11,13,15-16H,1H3;4,6-10H,1-3H3;/q-2;-1;+3/i16D;;. The van der Waals surface area contributed by atoms with E-state index in [9.17, 15) is 4.39 Å². The Balaban J connectivity index is 0.000000215. The van der Waals surface area contributed by atoms with Gasteiger partial charge < -0.3 is 4.98 Å². The van der Waals surface area contributed by atoms with E-state index in [1.165, 1.54) is 17.3 Å². The van der Waals surface area contributed by atoms with Gasteiger partial charge in [-0.05, 0) is 22.3 Å². The number of pyridine rings is 1. The second-order valence-electron chi connectivity index (χ2n) is 9.86. The summed E-state index contributed by atoms with van der Waals surface area (Å²) in [6, 6.07) is 41.6. The molecule has 0 aliphatic rings. The van der Waals surface area contributed by atoms with Gasteiger partial charge in [-0.25, -0.2) is 11.1 Å². The van der Waals surface area contributed by atoms with Crippen molar-refractivity contribution in [3.63, 3.8) is 0 Å². The fourth-order valence-corrected chi connectivity index (χ4v) is 4.87. The SMILES string of the molecule is C[Si](C)(C)c1ccc(-c2[c-]cc(F)cc2)nc1.[2H]C(C)(c1ccccc1)c1cc[c-]c(-c2[c-]cccc2)c1.[Ir+3]. The molecule has 1 aromatic heterocycles. The maximum absolute atomic E-state index is 12.8. The summed E-state index contributed by atoms with van der Waals surface area (Å²) in [6.45, 7) is 8.78. The molecule has 0 aliphatic carbocycles. The molecular formula is C34H31FIrNSi. The van der Waals surface area contributed by atoms with Crippen LogP contribution < -0.4 is 5.19 Å². The zero-order valence-electron chi connectivity index (χ0n) is 23.1. The Morgan fingerprint density at radius 2 is 1.50 bits per heavy atom. The molecule has 0 saturated carbocycles. The maximum Gasteiger partial charge on any atom is 3.00 e. The van der Waals surface area contributed by atoms with Gasteiger partial charge in [-0.1, -0.05) is 69.0 Å². The van der Waals surface area contributed by atoms with E-state index in [-0.39, 0.29) is 25.9 Å². The Morgan fingerprint density at radius 3 is 2.11 bits per heavy atom. The Hall–Kier alpha value is -3.17. The van der Waals surface area contributed by atoms with Gasteiger partial charge in [0.1, 0.15) is 0 Å². The fraction of sp³-hybridized carbons (Fsp3) is 0.147. The Morgan fingerprint density at radius 1 is 0.763 bits per heavy atom. The molecule has 0 radical (unpaired) electrons. The minimum Gasteiger partial charge on any atom is -0.305 e. The summed E-state index contributed by atoms with van der Waals surface area (Å²) in [5.41, 5.74) is 5.59. The third-order valence-electron chi connectivity index (χ3n) is 6.12. The normalized spacial score (nSPS) is 12.7. The van der Waals surface area contributed by atoms with Crippen molar-refractivity contribution in [2.24, 2.45) is 0 Å². The van der Waals surface area contributed by atoms with Crippen LogP contribution in [0, 0.1) is 24.0 Å². The predicted molar refractivity (Wildman–Crippen MR) is 155 cm³/mol. The molecule has 1 atom stereocenters. The van der Waals surface area contributed by atoms with Crippen molar-refractivity contribution in [1.82, 2.24) is 4.98 Å². The molecule has 192 valence electrons. The van der Waals surface area contributed by atoms with Crippen molar-refractivity contribution in [2.45, 2.75) is 32.5 Å². The monoisotopic (exact) mass is 694 g/mol. The Kier molecular flexibility index (Phi) is 9.95. The van der Waals surface area contributed by atoms with Crippen LogP contribution >= 0.6 is 0 Å². The van der Waals surface area contributed by atoms with Gasteiger partial charge in [-0.2, -0.15) is 42.5 Å². The average Bonchev–Trinajstić information content (AvgIpc) is 2.94. The third-order valence-corrected chi connectivity index (χ3v) is 8.15. The van der Waals surface area contributed by atoms with E-state index >= 15 is 0 Å². The summed E-state index contributed by atoms with van der Waals surface area (Å²) in [4.78, 5) is 4.43. The second-order valence-corrected chi connectivity index (χ2v) is 14.9. The maximum atomic E-state index is 12.8. The van der Waals surface area contributed by atoms with Crippen LogP contribution in [0.4, 0.5) is 4.39 Å². The zero-order chi connectivity index (χ0) is 27.2. The van der Waals surface area contributed by atoms with E-state index in [4.69, 9.17) is 1.37 Å². The molecule has 0 saturated heterocycles. The van der Waals surface area contributed by atoms with E-state index in [1.807, 2.05) is 92.0 Å². The molecule has 38 heavy (non-hydrogen) atoms. The average molecular weight is 694 g/mol. The fourth-order valence-electron chi connectivity index (χ4n) is 3.83. The van der Waals surface area contributed by atoms with Crippen LogP contribution in [0.25, 0.3) is 22.4 Å². The van der Waals surface area contributed by atoms with Crippen LogP contribution in [0.5, 0.6) is 0 Å². The van der Waals surface area contributed by atoms with E-state index in [0.29, 0.717) is 0 Å². The first-order valence-corrected chi connectivity index (χ1v) is 15.8. The minimum atomic E-state index is -1.30. The molecule has 4 aromatic carbocycles. The number of hydrogen-bond acceptors (Lipinski definition) is 1. The Labute approximate surface area is 242 Å². The van der Waals surface area contributed by atoms with Gasteiger partial charge in [-0.3, -0.25) is 4.39 Å². The van der Waals surface area contributed by atoms with Crippen LogP contribution in [-0.2, 0) is 20.1 Å². The summed E-state index contributed by atoms with van der Waals surface area (Å²) < 4.78 is 21.5. The third kappa shape index (κ3) is 7.91. The number of nitrogens with zero attached hydrogens (tertiary/aromatic N) is 1. The first kappa shape index (κ1) is 27.9. The van der Waals surface area contributed by atoms with Gasteiger partial charge in [0, 0.05) is 13.4 Å². The van der Waals surface area contributed by atoms with Gasteiger partial charge in [0.05, 0.1) is 8.07 Å². The van der Waals surface area contributed by atoms with Crippen molar-refractivity contribution < 1.29 is 25.9 Å². The molecule has 1 heterocycles. The van der Waals surface area contributed by atoms with Crippen molar-refractivity contribution in [2.75, 3.05) is 0 Å². The largest absolute Gasteiger partial charge is 3.00 e. The molecule has 0 amide bonds. The van der Waals surface area contributed by atoms with E-state index in [1.54, 1.807) is 6.07 Å². The van der Waals surface area contributed by atoms with Gasteiger partial charge in [0.15, 0.2) is 0 Å². The van der Waals surface area contributed by atoms with Crippen molar-refractivity contribution >= 4 is 13.3 Å². The Bertz CT molecular complexity index is 1450. The second kappa shape index (κ2) is 13.6. The number of aromatic nitrogens is 1. The van der Waals surface area contributed by atoms with Gasteiger partial charge in [0.25, 0.3) is 0 Å². The number of halogens is 1. The first-order valence-electron chi connectivity index (χ1n) is 12.8. The first-order chi connectivity index (χ1) is 18.1. The summed E-state index contributed by atoms with van der Waals surface area (Å²) in [5, 5.41) is 1.32. The molecule has 0 fully saturated rings. The van der Waals surface area contributed by atoms with E-state index in [0.717, 1.165) is 33.5 Å². The molecule has 0 bridgehead atoms. The molecular weight excluding hydrogens is 662 g/mol. The molecule has 1 unspecified atom stereocenters. The number of benzene rings is 4. The molecule has 0 N–H and O–H groups in total. The smallest absolute Gasteiger partial charge is 0.305 e. The molecule has 0 aliphatic heterocycles. The number of hydrogen-bond donors (Lipinski definition) is 0. The van der Waals surface area contributed by atoms with Gasteiger partial charge in [-0.15, -0.1) is 47.5 Å². The molecule has 0 spiro atoms. The predicted octanol–water partition coefficient (Wildman–Crippen LogP) is 8.34. The van der Waals surface area contributed by atoms with Gasteiger partial charge >= 0.3 is 20.1 Å². The minimum absolute atomic E-state index is 0. The summed E-state index contributed by atoms with van der Waals surface area (Å²) in [5.74, 6) is -1.05. The van der Waals surface area contributed by atoms with Crippen LogP contribution in [0.1, 0.15) is 25.3 Å². The van der Waals surface area contributed by atoms with Crippen molar-refractivity contribution in [3.05, 3.63) is 144 Å². The molecule has 4 heteroatoms. The van der Waals surface area contributed by atoms with Gasteiger partial charge in [0.2, 0.25) is 0 Å². The quantitative estimate of drug-likeness (QED) is 0.133. The zero-order valence-corrected chi connectivity index (χ0v) is 25.4. The molecule has 5 rings (SSSR count). The van der Waals surface area contributed by atoms with Crippen LogP contribution in [0.15, 0.2) is 109 Å². The summed E-state index contributed by atoms with van der Waals surface area (Å²) >= 11 is 0.